The maximum Gasteiger partial charge on any atom is 0.255 e. The second-order valence-electron chi connectivity index (χ2n) is 8.42. The van der Waals surface area contributed by atoms with Crippen LogP contribution >= 0.6 is 23.5 Å². The highest BCUT2D eigenvalue weighted by Gasteiger charge is 2.24. The van der Waals surface area contributed by atoms with E-state index < -0.39 is 0 Å². The number of nitrogens with one attached hydrogen (secondary N) is 1. The summed E-state index contributed by atoms with van der Waals surface area (Å²) >= 11 is 7.98. The van der Waals surface area contributed by atoms with E-state index in [4.69, 9.17) is 11.6 Å². The van der Waals surface area contributed by atoms with E-state index in [0.717, 1.165) is 46.7 Å². The third-order valence-corrected chi connectivity index (χ3v) is 7.25. The van der Waals surface area contributed by atoms with Crippen molar-refractivity contribution in [2.24, 2.45) is 0 Å². The summed E-state index contributed by atoms with van der Waals surface area (Å²) in [6.45, 7) is 3.51. The molecule has 4 aromatic rings. The Morgan fingerprint density at radius 1 is 1.00 bits per heavy atom. The molecule has 0 saturated carbocycles. The molecule has 1 aliphatic heterocycles. The van der Waals surface area contributed by atoms with Gasteiger partial charge in [0.25, 0.3) is 5.91 Å². The van der Waals surface area contributed by atoms with Gasteiger partial charge in [-0.25, -0.2) is 4.39 Å². The fourth-order valence-electron chi connectivity index (χ4n) is 4.15. The van der Waals surface area contributed by atoms with E-state index in [1.54, 1.807) is 30.5 Å². The number of carbonyl (C=O) groups is 1. The van der Waals surface area contributed by atoms with Crippen LogP contribution in [0.3, 0.4) is 0 Å². The minimum atomic E-state index is -0.230. The molecule has 0 aliphatic carbocycles. The monoisotopic (exact) mass is 506 g/mol. The van der Waals surface area contributed by atoms with Gasteiger partial charge in [-0.15, -0.1) is 0 Å². The highest BCUT2D eigenvalue weighted by atomic mass is 35.5. The van der Waals surface area contributed by atoms with Gasteiger partial charge in [0.15, 0.2) is 0 Å². The van der Waals surface area contributed by atoms with Crippen molar-refractivity contribution in [2.45, 2.75) is 11.4 Å². The van der Waals surface area contributed by atoms with Crippen molar-refractivity contribution in [1.29, 1.82) is 0 Å². The molecule has 8 heteroatoms. The number of carbonyl (C=O) groups excluding carboxylic acids is 1. The van der Waals surface area contributed by atoms with Gasteiger partial charge in [0.05, 0.1) is 21.0 Å². The molecule has 0 spiro atoms. The van der Waals surface area contributed by atoms with Crippen molar-refractivity contribution in [2.75, 3.05) is 30.9 Å². The number of nitrogens with zero attached hydrogens (tertiary/aromatic N) is 3. The minimum Gasteiger partial charge on any atom is -0.336 e. The summed E-state index contributed by atoms with van der Waals surface area (Å²) < 4.78 is 16.4. The number of piperazine rings is 1. The molecule has 1 aliphatic rings. The molecule has 1 aromatic heterocycles. The van der Waals surface area contributed by atoms with E-state index in [9.17, 15) is 9.18 Å². The summed E-state index contributed by atoms with van der Waals surface area (Å²) in [5, 5.41) is 1.50. The molecular weight excluding hydrogens is 483 g/mol. The van der Waals surface area contributed by atoms with E-state index >= 15 is 0 Å². The second kappa shape index (κ2) is 10.6. The third-order valence-electron chi connectivity index (χ3n) is 6.05. The van der Waals surface area contributed by atoms with Crippen LogP contribution in [0.25, 0.3) is 10.9 Å². The van der Waals surface area contributed by atoms with Crippen molar-refractivity contribution in [1.82, 2.24) is 14.8 Å². The highest BCUT2D eigenvalue weighted by molar-refractivity contribution is 8.00. The van der Waals surface area contributed by atoms with Gasteiger partial charge in [0, 0.05) is 50.0 Å². The molecule has 0 radical (unpaired) electrons. The zero-order chi connectivity index (χ0) is 24.2. The van der Waals surface area contributed by atoms with Crippen molar-refractivity contribution in [3.05, 3.63) is 101 Å². The Morgan fingerprint density at radius 2 is 1.77 bits per heavy atom. The predicted octanol–water partition coefficient (Wildman–Crippen LogP) is 6.10. The first-order valence-corrected chi connectivity index (χ1v) is 12.6. The van der Waals surface area contributed by atoms with Gasteiger partial charge >= 0.3 is 0 Å². The van der Waals surface area contributed by atoms with Crippen molar-refractivity contribution in [3.63, 3.8) is 0 Å². The number of halogens is 2. The first-order valence-electron chi connectivity index (χ1n) is 11.4. The van der Waals surface area contributed by atoms with Crippen LogP contribution in [-0.4, -0.2) is 46.9 Å². The van der Waals surface area contributed by atoms with Crippen molar-refractivity contribution in [3.8, 4) is 0 Å². The topological polar surface area (TPSA) is 48.5 Å². The maximum absolute atomic E-state index is 13.1. The third kappa shape index (κ3) is 5.59. The minimum absolute atomic E-state index is 0.0612. The fourth-order valence-corrected chi connectivity index (χ4v) is 5.18. The van der Waals surface area contributed by atoms with Gasteiger partial charge in [0.2, 0.25) is 0 Å². The molecule has 1 amide bonds. The lowest BCUT2D eigenvalue weighted by molar-refractivity contribution is 0.0628. The largest absolute Gasteiger partial charge is 0.336 e. The van der Waals surface area contributed by atoms with Crippen LogP contribution in [0.4, 0.5) is 10.1 Å². The summed E-state index contributed by atoms with van der Waals surface area (Å²) in [5.74, 6) is -0.291. The number of hydrogen-bond acceptors (Lipinski definition) is 5. The van der Waals surface area contributed by atoms with Gasteiger partial charge in [-0.05, 0) is 60.0 Å². The number of rotatable bonds is 6. The Bertz CT molecular complexity index is 1340. The lowest BCUT2D eigenvalue weighted by Crippen LogP contribution is -2.48. The average Bonchev–Trinajstić information content (AvgIpc) is 2.89. The smallest absolute Gasteiger partial charge is 0.255 e. The Morgan fingerprint density at radius 3 is 2.54 bits per heavy atom. The Kier molecular flexibility index (Phi) is 7.18. The van der Waals surface area contributed by atoms with E-state index in [-0.39, 0.29) is 11.7 Å². The lowest BCUT2D eigenvalue weighted by atomic mass is 10.1. The molecule has 178 valence electrons. The number of para-hydroxylation sites is 1. The summed E-state index contributed by atoms with van der Waals surface area (Å²) in [6, 6.07) is 22.0. The number of hydrogen-bond donors (Lipinski definition) is 1. The molecular formula is C27H24ClFN4OS. The first-order chi connectivity index (χ1) is 17.1. The Hall–Kier alpha value is -3.13. The van der Waals surface area contributed by atoms with Gasteiger partial charge < -0.3 is 9.62 Å². The quantitative estimate of drug-likeness (QED) is 0.320. The lowest BCUT2D eigenvalue weighted by Gasteiger charge is -2.35. The van der Waals surface area contributed by atoms with Gasteiger partial charge in [-0.3, -0.25) is 14.7 Å². The van der Waals surface area contributed by atoms with E-state index in [1.807, 2.05) is 41.3 Å². The van der Waals surface area contributed by atoms with Crippen LogP contribution in [0.5, 0.6) is 0 Å². The van der Waals surface area contributed by atoms with E-state index in [1.165, 1.54) is 24.1 Å². The molecule has 1 saturated heterocycles. The van der Waals surface area contributed by atoms with E-state index in [0.29, 0.717) is 23.7 Å². The Balaban J connectivity index is 1.18. The zero-order valence-corrected chi connectivity index (χ0v) is 20.5. The van der Waals surface area contributed by atoms with Crippen molar-refractivity contribution < 1.29 is 9.18 Å². The summed E-state index contributed by atoms with van der Waals surface area (Å²) in [7, 11) is 0. The second-order valence-corrected chi connectivity index (χ2v) is 9.68. The number of benzene rings is 3. The fraction of sp³-hybridized carbons (Fsp3) is 0.185. The molecule has 5 nitrogen and oxygen atoms in total. The Labute approximate surface area is 213 Å². The summed E-state index contributed by atoms with van der Waals surface area (Å²) in [5.41, 5.74) is 3.31. The standard InChI is InChI=1S/C27H24ClFN4OS/c28-24-17-22(31-35-25-5-1-3-20-4-2-12-30-26(20)25)10-11-23(24)27(34)33-15-13-32(14-16-33)18-19-6-8-21(29)9-7-19/h1-12,17,31H,13-16,18H2. The molecule has 3 aromatic carbocycles. The molecule has 1 N–H and O–H groups in total. The first kappa shape index (κ1) is 23.6. The van der Waals surface area contributed by atoms with E-state index in [2.05, 4.69) is 14.6 Å². The van der Waals surface area contributed by atoms with Crippen molar-refractivity contribution >= 4 is 46.0 Å². The molecule has 0 bridgehead atoms. The molecule has 35 heavy (non-hydrogen) atoms. The highest BCUT2D eigenvalue weighted by Crippen LogP contribution is 2.30. The normalized spacial score (nSPS) is 14.3. The van der Waals surface area contributed by atoms with Gasteiger partial charge in [0.1, 0.15) is 5.82 Å². The molecule has 1 fully saturated rings. The SMILES string of the molecule is O=C(c1ccc(NSc2cccc3cccnc23)cc1Cl)N1CCN(Cc2ccc(F)cc2)CC1. The van der Waals surface area contributed by atoms with Gasteiger partial charge in [-0.2, -0.15) is 0 Å². The molecule has 2 heterocycles. The zero-order valence-electron chi connectivity index (χ0n) is 19.0. The number of aromatic nitrogens is 1. The van der Waals surface area contributed by atoms with Crippen LogP contribution < -0.4 is 4.72 Å². The average molecular weight is 507 g/mol. The van der Waals surface area contributed by atoms with Crippen LogP contribution in [-0.2, 0) is 6.54 Å². The number of anilines is 1. The number of pyridine rings is 1. The van der Waals surface area contributed by atoms with Crippen LogP contribution in [0.1, 0.15) is 15.9 Å². The summed E-state index contributed by atoms with van der Waals surface area (Å²) in [4.78, 5) is 22.7. The number of fused-ring (bicyclic) bond motifs is 1. The van der Waals surface area contributed by atoms with Crippen LogP contribution in [0.2, 0.25) is 5.02 Å². The predicted molar refractivity (Wildman–Crippen MR) is 140 cm³/mol. The van der Waals surface area contributed by atoms with Crippen LogP contribution in [0.15, 0.2) is 83.9 Å². The maximum atomic E-state index is 13.1. The molecule has 5 rings (SSSR count). The molecule has 0 unspecified atom stereocenters. The number of amides is 1. The van der Waals surface area contributed by atoms with Crippen LogP contribution in [0, 0.1) is 5.82 Å². The molecule has 0 atom stereocenters. The van der Waals surface area contributed by atoms with Gasteiger partial charge in [-0.1, -0.05) is 41.9 Å². The summed E-state index contributed by atoms with van der Waals surface area (Å²) in [6.07, 6.45) is 1.78.